The van der Waals surface area contributed by atoms with Crippen molar-refractivity contribution >= 4 is 18.0 Å². The van der Waals surface area contributed by atoms with Crippen LogP contribution < -0.4 is 5.26 Å². The van der Waals surface area contributed by atoms with Crippen molar-refractivity contribution in [3.8, 4) is 0 Å². The second-order valence-electron chi connectivity index (χ2n) is 6.01. The predicted molar refractivity (Wildman–Crippen MR) is 67.4 cm³/mol. The van der Waals surface area contributed by atoms with Crippen LogP contribution in [0.1, 0.15) is 33.6 Å². The SMILES string of the molecule is CC1(CO)CCC(COC(=O)C(F)(F)SOO[O-])C1(C)C. The Kier molecular flexibility index (Phi) is 5.96. The minimum atomic E-state index is -4.02. The number of hydrogen-bond acceptors (Lipinski definition) is 7. The molecule has 1 fully saturated rings. The molecule has 21 heavy (non-hydrogen) atoms. The van der Waals surface area contributed by atoms with Gasteiger partial charge in [0.1, 0.15) is 12.0 Å². The molecule has 9 heteroatoms. The van der Waals surface area contributed by atoms with E-state index in [4.69, 9.17) is 0 Å². The van der Waals surface area contributed by atoms with Crippen LogP contribution in [0.3, 0.4) is 0 Å². The van der Waals surface area contributed by atoms with Gasteiger partial charge in [-0.3, -0.25) is 5.04 Å². The number of aliphatic hydroxyl groups excluding tert-OH is 1. The van der Waals surface area contributed by atoms with Crippen molar-refractivity contribution in [1.29, 1.82) is 0 Å². The van der Waals surface area contributed by atoms with Crippen LogP contribution in [0.5, 0.6) is 0 Å². The van der Waals surface area contributed by atoms with Gasteiger partial charge in [-0.2, -0.15) is 13.1 Å². The first-order valence-electron chi connectivity index (χ1n) is 6.41. The van der Waals surface area contributed by atoms with Crippen LogP contribution in [0, 0.1) is 16.7 Å². The van der Waals surface area contributed by atoms with Crippen LogP contribution in [0.25, 0.3) is 0 Å². The largest absolute Gasteiger partial charge is 0.691 e. The highest BCUT2D eigenvalue weighted by atomic mass is 32.2. The highest BCUT2D eigenvalue weighted by Gasteiger charge is 2.52. The molecule has 0 aromatic carbocycles. The van der Waals surface area contributed by atoms with Gasteiger partial charge in [-0.1, -0.05) is 20.8 Å². The molecule has 0 spiro atoms. The molecular weight excluding hydrogens is 310 g/mol. The molecule has 0 bridgehead atoms. The molecule has 1 saturated carbocycles. The summed E-state index contributed by atoms with van der Waals surface area (Å²) in [5.41, 5.74) is -0.708. The van der Waals surface area contributed by atoms with E-state index in [1.54, 1.807) is 0 Å². The summed E-state index contributed by atoms with van der Waals surface area (Å²) in [5.74, 6) is -1.94. The molecule has 1 N–H and O–H groups in total. The molecule has 0 heterocycles. The molecule has 0 aromatic rings. The minimum absolute atomic E-state index is 0.0227. The minimum Gasteiger partial charge on any atom is -0.691 e. The van der Waals surface area contributed by atoms with Crippen molar-refractivity contribution in [3.63, 3.8) is 0 Å². The van der Waals surface area contributed by atoms with Gasteiger partial charge in [-0.25, -0.2) is 4.79 Å². The first-order chi connectivity index (χ1) is 9.60. The molecule has 0 aromatic heterocycles. The first kappa shape index (κ1) is 18.6. The van der Waals surface area contributed by atoms with Crippen LogP contribution in [0.4, 0.5) is 8.78 Å². The van der Waals surface area contributed by atoms with E-state index in [9.17, 15) is 23.9 Å². The van der Waals surface area contributed by atoms with Gasteiger partial charge in [-0.15, -0.1) is 0 Å². The second kappa shape index (κ2) is 6.74. The lowest BCUT2D eigenvalue weighted by atomic mass is 9.66. The van der Waals surface area contributed by atoms with Gasteiger partial charge in [0, 0.05) is 6.61 Å². The highest BCUT2D eigenvalue weighted by Crippen LogP contribution is 2.55. The number of carbonyl (C=O) groups excluding carboxylic acids is 1. The molecule has 2 atom stereocenters. The molecule has 6 nitrogen and oxygen atoms in total. The average Bonchev–Trinajstić information content (AvgIpc) is 2.65. The van der Waals surface area contributed by atoms with E-state index in [2.05, 4.69) is 14.1 Å². The summed E-state index contributed by atoms with van der Waals surface area (Å²) in [6.07, 6.45) is 1.38. The fourth-order valence-electron chi connectivity index (χ4n) is 2.59. The van der Waals surface area contributed by atoms with E-state index in [0.29, 0.717) is 6.42 Å². The highest BCUT2D eigenvalue weighted by molar-refractivity contribution is 7.96. The van der Waals surface area contributed by atoms with Gasteiger partial charge in [0.05, 0.1) is 6.61 Å². The molecule has 0 saturated heterocycles. The van der Waals surface area contributed by atoms with Crippen molar-refractivity contribution in [2.45, 2.75) is 38.9 Å². The van der Waals surface area contributed by atoms with Crippen molar-refractivity contribution in [1.82, 2.24) is 0 Å². The lowest BCUT2D eigenvalue weighted by Gasteiger charge is -2.40. The van der Waals surface area contributed by atoms with Crippen LogP contribution in [0.2, 0.25) is 0 Å². The summed E-state index contributed by atoms with van der Waals surface area (Å²) in [6.45, 7) is 5.53. The first-order valence-corrected chi connectivity index (χ1v) is 7.15. The van der Waals surface area contributed by atoms with Gasteiger partial charge in [-0.05, 0) is 29.6 Å². The Morgan fingerprint density at radius 3 is 2.57 bits per heavy atom. The van der Waals surface area contributed by atoms with E-state index in [1.807, 2.05) is 20.8 Å². The summed E-state index contributed by atoms with van der Waals surface area (Å²) in [7, 11) is 0. The molecule has 0 amide bonds. The monoisotopic (exact) mass is 329 g/mol. The number of ether oxygens (including phenoxy) is 1. The number of halogens is 2. The third-order valence-electron chi connectivity index (χ3n) is 4.79. The van der Waals surface area contributed by atoms with Gasteiger partial charge < -0.3 is 15.1 Å². The Bertz CT molecular complexity index is 379. The number of carbonyl (C=O) groups is 1. The standard InChI is InChI=1S/C12H20F2O6S/c1-10(2)8(4-5-11(10,3)7-15)6-18-9(16)12(13,14)21-20-19-17/h8,15,17H,4-7H2,1-3H3/p-1. The fraction of sp³-hybridized carbons (Fsp3) is 0.917. The maximum absolute atomic E-state index is 13.2. The van der Waals surface area contributed by atoms with E-state index in [1.165, 1.54) is 0 Å². The van der Waals surface area contributed by atoms with E-state index >= 15 is 0 Å². The molecular formula is C12H19F2O6S-. The molecule has 1 aliphatic rings. The van der Waals surface area contributed by atoms with E-state index in [0.717, 1.165) is 6.42 Å². The van der Waals surface area contributed by atoms with E-state index in [-0.39, 0.29) is 30.0 Å². The smallest absolute Gasteiger partial charge is 0.415 e. The van der Waals surface area contributed by atoms with Crippen molar-refractivity contribution in [2.24, 2.45) is 16.7 Å². The zero-order valence-corrected chi connectivity index (χ0v) is 12.9. The zero-order chi connectivity index (χ0) is 16.3. The molecule has 2 unspecified atom stereocenters. The van der Waals surface area contributed by atoms with Gasteiger partial charge >= 0.3 is 11.2 Å². The Labute approximate surface area is 125 Å². The molecule has 0 radical (unpaired) electrons. The summed E-state index contributed by atoms with van der Waals surface area (Å²) < 4.78 is 34.5. The Morgan fingerprint density at radius 1 is 1.48 bits per heavy atom. The molecule has 0 aliphatic heterocycles. The fourth-order valence-corrected chi connectivity index (χ4v) is 2.83. The van der Waals surface area contributed by atoms with Crippen molar-refractivity contribution < 1.29 is 38.0 Å². The topological polar surface area (TPSA) is 88.1 Å². The normalized spacial score (nSPS) is 28.6. The maximum Gasteiger partial charge on any atom is 0.415 e. The Balaban J connectivity index is 2.58. The second-order valence-corrected chi connectivity index (χ2v) is 6.83. The summed E-state index contributed by atoms with van der Waals surface area (Å²) >= 11 is -0.709. The Morgan fingerprint density at radius 2 is 2.10 bits per heavy atom. The number of hydrogen-bond donors (Lipinski definition) is 1. The summed E-state index contributed by atoms with van der Waals surface area (Å²) in [4.78, 5) is 11.3. The number of rotatable bonds is 7. The third kappa shape index (κ3) is 3.84. The average molecular weight is 329 g/mol. The third-order valence-corrected chi connectivity index (χ3v) is 5.29. The lowest BCUT2D eigenvalue weighted by Crippen LogP contribution is -2.39. The van der Waals surface area contributed by atoms with Gasteiger partial charge in [0.2, 0.25) is 0 Å². The van der Waals surface area contributed by atoms with Crippen LogP contribution in [-0.4, -0.2) is 29.5 Å². The van der Waals surface area contributed by atoms with Gasteiger partial charge in [0.25, 0.3) is 0 Å². The summed E-state index contributed by atoms with van der Waals surface area (Å²) in [6, 6.07) is 0. The lowest BCUT2D eigenvalue weighted by molar-refractivity contribution is -0.777. The molecule has 1 rings (SSSR count). The number of alkyl halides is 2. The molecule has 1 aliphatic carbocycles. The number of aliphatic hydroxyl groups is 1. The summed E-state index contributed by atoms with van der Waals surface area (Å²) in [5, 5.41) is 17.8. The molecule has 124 valence electrons. The van der Waals surface area contributed by atoms with Crippen molar-refractivity contribution in [2.75, 3.05) is 13.2 Å². The predicted octanol–water partition coefficient (Wildman–Crippen LogP) is 1.43. The van der Waals surface area contributed by atoms with Gasteiger partial charge in [0.15, 0.2) is 0 Å². The van der Waals surface area contributed by atoms with Crippen LogP contribution in [-0.2, 0) is 18.9 Å². The van der Waals surface area contributed by atoms with Crippen molar-refractivity contribution in [3.05, 3.63) is 0 Å². The van der Waals surface area contributed by atoms with Crippen LogP contribution in [0.15, 0.2) is 0 Å². The quantitative estimate of drug-likeness (QED) is 0.327. The zero-order valence-electron chi connectivity index (χ0n) is 12.1. The maximum atomic E-state index is 13.2. The van der Waals surface area contributed by atoms with Crippen LogP contribution >= 0.6 is 12.0 Å². The number of esters is 1. The van der Waals surface area contributed by atoms with E-state index < -0.39 is 23.3 Å². The Hall–Kier alpha value is -0.480.